The van der Waals surface area contributed by atoms with Crippen LogP contribution >= 0.6 is 15.9 Å². The van der Waals surface area contributed by atoms with Gasteiger partial charge in [0.15, 0.2) is 0 Å². The van der Waals surface area contributed by atoms with E-state index in [0.717, 1.165) is 22.3 Å². The van der Waals surface area contributed by atoms with Gasteiger partial charge in [0.05, 0.1) is 11.7 Å². The van der Waals surface area contributed by atoms with Crippen molar-refractivity contribution in [3.8, 4) is 5.75 Å². The van der Waals surface area contributed by atoms with Gasteiger partial charge >= 0.3 is 0 Å². The first-order chi connectivity index (χ1) is 7.63. The van der Waals surface area contributed by atoms with Crippen LogP contribution in [0.4, 0.5) is 5.69 Å². The minimum absolute atomic E-state index is 0.178. The molecule has 0 fully saturated rings. The molecule has 2 unspecified atom stereocenters. The Morgan fingerprint density at radius 2 is 2.25 bits per heavy atom. The van der Waals surface area contributed by atoms with Crippen LogP contribution in [-0.4, -0.2) is 25.7 Å². The van der Waals surface area contributed by atoms with Crippen molar-refractivity contribution >= 4 is 21.6 Å². The normalized spacial score (nSPS) is 23.9. The average Bonchev–Trinajstić information content (AvgIpc) is 2.25. The molecular formula is C12H17BrN2O. The topological polar surface area (TPSA) is 38.5 Å². The van der Waals surface area contributed by atoms with Crippen molar-refractivity contribution in [2.75, 3.05) is 18.5 Å². The third-order valence-corrected chi connectivity index (χ3v) is 3.67. The highest BCUT2D eigenvalue weighted by Gasteiger charge is 2.29. The van der Waals surface area contributed by atoms with Crippen LogP contribution in [-0.2, 0) is 0 Å². The van der Waals surface area contributed by atoms with Crippen molar-refractivity contribution in [3.05, 3.63) is 22.7 Å². The van der Waals surface area contributed by atoms with Gasteiger partial charge in [0, 0.05) is 11.5 Å². The summed E-state index contributed by atoms with van der Waals surface area (Å²) < 4.78 is 7.03. The number of nitrogens with zero attached hydrogens (tertiary/aromatic N) is 1. The fourth-order valence-electron chi connectivity index (χ4n) is 2.07. The number of fused-ring (bicyclic) bond motifs is 1. The van der Waals surface area contributed by atoms with Gasteiger partial charge < -0.3 is 15.4 Å². The molecule has 1 aromatic rings. The van der Waals surface area contributed by atoms with E-state index < -0.39 is 0 Å². The first-order valence-corrected chi connectivity index (χ1v) is 6.32. The third kappa shape index (κ3) is 2.04. The van der Waals surface area contributed by atoms with E-state index in [1.54, 1.807) is 0 Å². The highest BCUT2D eigenvalue weighted by molar-refractivity contribution is 9.10. The molecule has 0 saturated carbocycles. The van der Waals surface area contributed by atoms with E-state index in [1.165, 1.54) is 0 Å². The number of benzene rings is 1. The van der Waals surface area contributed by atoms with E-state index in [4.69, 9.17) is 10.5 Å². The smallest absolute Gasteiger partial charge is 0.144 e. The van der Waals surface area contributed by atoms with Gasteiger partial charge in [0.25, 0.3) is 0 Å². The first kappa shape index (κ1) is 11.7. The molecule has 0 bridgehead atoms. The Kier molecular flexibility index (Phi) is 3.40. The minimum Gasteiger partial charge on any atom is -0.486 e. The molecule has 1 heterocycles. The first-order valence-electron chi connectivity index (χ1n) is 5.52. The highest BCUT2D eigenvalue weighted by atomic mass is 79.9. The molecule has 0 aromatic heterocycles. The molecule has 4 heteroatoms. The third-order valence-electron chi connectivity index (χ3n) is 3.18. The number of likely N-dealkylation sites (N-methyl/N-ethyl adjacent to an activating group) is 1. The average molecular weight is 285 g/mol. The summed E-state index contributed by atoms with van der Waals surface area (Å²) in [5, 5.41) is 0. The van der Waals surface area contributed by atoms with Gasteiger partial charge in [-0.05, 0) is 38.1 Å². The molecule has 0 amide bonds. The van der Waals surface area contributed by atoms with Crippen LogP contribution in [0, 0.1) is 0 Å². The molecule has 0 saturated heterocycles. The fraction of sp³-hybridized carbons (Fsp3) is 0.500. The Balaban J connectivity index is 2.32. The molecule has 1 aliphatic heterocycles. The van der Waals surface area contributed by atoms with Crippen molar-refractivity contribution in [2.24, 2.45) is 5.73 Å². The second kappa shape index (κ2) is 4.63. The predicted molar refractivity (Wildman–Crippen MR) is 70.1 cm³/mol. The van der Waals surface area contributed by atoms with Gasteiger partial charge in [-0.1, -0.05) is 15.9 Å². The maximum Gasteiger partial charge on any atom is 0.144 e. The summed E-state index contributed by atoms with van der Waals surface area (Å²) in [6, 6.07) is 6.49. The van der Waals surface area contributed by atoms with Crippen molar-refractivity contribution in [1.29, 1.82) is 0 Å². The largest absolute Gasteiger partial charge is 0.486 e. The lowest BCUT2D eigenvalue weighted by Gasteiger charge is -2.39. The number of halogens is 1. The molecule has 88 valence electrons. The Bertz CT molecular complexity index is 383. The summed E-state index contributed by atoms with van der Waals surface area (Å²) in [6.45, 7) is 2.83. The Hall–Kier alpha value is -0.740. The molecule has 0 radical (unpaired) electrons. The van der Waals surface area contributed by atoms with Crippen LogP contribution in [0.25, 0.3) is 0 Å². The summed E-state index contributed by atoms with van der Waals surface area (Å²) in [7, 11) is 2.10. The van der Waals surface area contributed by atoms with Crippen molar-refractivity contribution < 1.29 is 4.74 Å². The molecule has 1 aliphatic rings. The van der Waals surface area contributed by atoms with Crippen LogP contribution in [0.1, 0.15) is 13.3 Å². The van der Waals surface area contributed by atoms with Crippen LogP contribution < -0.4 is 15.4 Å². The maximum absolute atomic E-state index is 5.98. The van der Waals surface area contributed by atoms with E-state index in [2.05, 4.69) is 40.9 Å². The standard InChI is InChI=1S/C12H17BrN2O/c1-8-11(5-6-14)16-12-7-9(13)3-4-10(12)15(8)2/h3-4,7-8,11H,5-6,14H2,1-2H3. The van der Waals surface area contributed by atoms with Gasteiger partial charge in [-0.15, -0.1) is 0 Å². The van der Waals surface area contributed by atoms with E-state index in [1.807, 2.05) is 12.1 Å². The Morgan fingerprint density at radius 1 is 1.50 bits per heavy atom. The van der Waals surface area contributed by atoms with Crippen molar-refractivity contribution in [2.45, 2.75) is 25.5 Å². The van der Waals surface area contributed by atoms with Gasteiger partial charge in [0.2, 0.25) is 0 Å². The lowest BCUT2D eigenvalue weighted by molar-refractivity contribution is 0.154. The highest BCUT2D eigenvalue weighted by Crippen LogP contribution is 2.37. The fourth-order valence-corrected chi connectivity index (χ4v) is 2.41. The lowest BCUT2D eigenvalue weighted by Crippen LogP contribution is -2.46. The molecule has 3 nitrogen and oxygen atoms in total. The van der Waals surface area contributed by atoms with Gasteiger partial charge in [0.1, 0.15) is 11.9 Å². The van der Waals surface area contributed by atoms with Crippen LogP contribution in [0.3, 0.4) is 0 Å². The number of hydrogen-bond acceptors (Lipinski definition) is 3. The van der Waals surface area contributed by atoms with Crippen LogP contribution in [0.2, 0.25) is 0 Å². The van der Waals surface area contributed by atoms with Crippen molar-refractivity contribution in [1.82, 2.24) is 0 Å². The molecular weight excluding hydrogens is 268 g/mol. The summed E-state index contributed by atoms with van der Waals surface area (Å²) in [6.07, 6.45) is 1.06. The number of anilines is 1. The molecule has 2 rings (SSSR count). The van der Waals surface area contributed by atoms with E-state index in [9.17, 15) is 0 Å². The van der Waals surface area contributed by atoms with Crippen molar-refractivity contribution in [3.63, 3.8) is 0 Å². The molecule has 1 aromatic carbocycles. The number of rotatable bonds is 2. The predicted octanol–water partition coefficient (Wildman–Crippen LogP) is 2.38. The second-order valence-corrected chi connectivity index (χ2v) is 5.11. The molecule has 0 aliphatic carbocycles. The quantitative estimate of drug-likeness (QED) is 0.906. The second-order valence-electron chi connectivity index (χ2n) is 4.20. The number of ether oxygens (including phenoxy) is 1. The SMILES string of the molecule is CC1C(CCN)Oc2cc(Br)ccc2N1C. The maximum atomic E-state index is 5.98. The van der Waals surface area contributed by atoms with Gasteiger partial charge in [-0.25, -0.2) is 0 Å². The molecule has 0 spiro atoms. The zero-order valence-electron chi connectivity index (χ0n) is 9.61. The number of nitrogens with two attached hydrogens (primary N) is 1. The number of hydrogen-bond donors (Lipinski definition) is 1. The molecule has 16 heavy (non-hydrogen) atoms. The van der Waals surface area contributed by atoms with Crippen LogP contribution in [0.5, 0.6) is 5.75 Å². The summed E-state index contributed by atoms with van der Waals surface area (Å²) in [4.78, 5) is 2.26. The monoisotopic (exact) mass is 284 g/mol. The summed E-state index contributed by atoms with van der Waals surface area (Å²) in [5.74, 6) is 0.938. The van der Waals surface area contributed by atoms with Gasteiger partial charge in [-0.3, -0.25) is 0 Å². The van der Waals surface area contributed by atoms with E-state index >= 15 is 0 Å². The zero-order valence-corrected chi connectivity index (χ0v) is 11.2. The molecule has 2 N–H and O–H groups in total. The van der Waals surface area contributed by atoms with Crippen LogP contribution in [0.15, 0.2) is 22.7 Å². The summed E-state index contributed by atoms with van der Waals surface area (Å²) >= 11 is 3.46. The van der Waals surface area contributed by atoms with Gasteiger partial charge in [-0.2, -0.15) is 0 Å². The lowest BCUT2D eigenvalue weighted by atomic mass is 10.0. The van der Waals surface area contributed by atoms with E-state index in [-0.39, 0.29) is 6.10 Å². The molecule has 2 atom stereocenters. The summed E-state index contributed by atoms with van der Waals surface area (Å²) in [5.41, 5.74) is 6.75. The Morgan fingerprint density at radius 3 is 2.94 bits per heavy atom. The van der Waals surface area contributed by atoms with E-state index in [0.29, 0.717) is 12.6 Å². The zero-order chi connectivity index (χ0) is 11.7. The Labute approximate surface area is 105 Å². The minimum atomic E-state index is 0.178.